The third-order valence-electron chi connectivity index (χ3n) is 7.20. The fraction of sp³-hybridized carbons (Fsp3) is 0.400. The van der Waals surface area contributed by atoms with E-state index in [1.165, 1.54) is 56.3 Å². The number of nitrogens with zero attached hydrogens (tertiary/aromatic N) is 1. The minimum Gasteiger partial charge on any atom is -0.489 e. The number of carbonyl (C=O) groups excluding carboxylic acids is 2. The molecule has 3 aromatic carbocycles. The number of ether oxygens (including phenoxy) is 1. The summed E-state index contributed by atoms with van der Waals surface area (Å²) in [5.41, 5.74) is 2.70. The van der Waals surface area contributed by atoms with Gasteiger partial charge in [0.05, 0.1) is 6.54 Å². The summed E-state index contributed by atoms with van der Waals surface area (Å²) < 4.78 is 5.80. The first-order valence-corrected chi connectivity index (χ1v) is 15.2. The van der Waals surface area contributed by atoms with Crippen LogP contribution in [0.5, 0.6) is 5.75 Å². The van der Waals surface area contributed by atoms with E-state index in [-0.39, 0.29) is 12.5 Å². The molecule has 2 N–H and O–H groups in total. The number of amides is 2. The number of hydrogen-bond donors (Lipinski definition) is 2. The summed E-state index contributed by atoms with van der Waals surface area (Å²) in [5.74, 6) is -2.10. The van der Waals surface area contributed by atoms with Crippen molar-refractivity contribution in [2.45, 2.75) is 84.3 Å². The lowest BCUT2D eigenvalue weighted by Crippen LogP contribution is -2.36. The molecule has 0 aromatic heterocycles. The van der Waals surface area contributed by atoms with Crippen LogP contribution >= 0.6 is 0 Å². The van der Waals surface area contributed by atoms with Gasteiger partial charge in [-0.2, -0.15) is 0 Å². The number of carboxylic acids is 1. The Morgan fingerprint density at radius 1 is 0.714 bits per heavy atom. The van der Waals surface area contributed by atoms with Gasteiger partial charge in [-0.15, -0.1) is 0 Å². The molecule has 0 aliphatic rings. The summed E-state index contributed by atoms with van der Waals surface area (Å²) in [6.07, 6.45) is 12.5. The number of anilines is 1. The normalized spacial score (nSPS) is 10.7. The Morgan fingerprint density at radius 3 is 1.90 bits per heavy atom. The lowest BCUT2D eigenvalue weighted by Gasteiger charge is -2.21. The Kier molecular flexibility index (Phi) is 14.1. The van der Waals surface area contributed by atoms with Gasteiger partial charge in [0, 0.05) is 17.8 Å². The van der Waals surface area contributed by atoms with E-state index in [2.05, 4.69) is 12.2 Å². The van der Waals surface area contributed by atoms with Crippen molar-refractivity contribution < 1.29 is 24.2 Å². The summed E-state index contributed by atoms with van der Waals surface area (Å²) in [7, 11) is 0. The van der Waals surface area contributed by atoms with E-state index in [4.69, 9.17) is 4.74 Å². The molecule has 2 amide bonds. The number of carboxylic acid groups (broad SMARTS) is 1. The monoisotopic (exact) mass is 572 g/mol. The molecule has 0 fully saturated rings. The predicted molar refractivity (Wildman–Crippen MR) is 167 cm³/mol. The second kappa shape index (κ2) is 18.3. The lowest BCUT2D eigenvalue weighted by molar-refractivity contribution is -0.148. The summed E-state index contributed by atoms with van der Waals surface area (Å²) in [6, 6.07) is 23.4. The van der Waals surface area contributed by atoms with Gasteiger partial charge in [-0.25, -0.2) is 4.79 Å². The quantitative estimate of drug-likeness (QED) is 0.121. The minimum absolute atomic E-state index is 0.0514. The first-order valence-electron chi connectivity index (χ1n) is 15.2. The highest BCUT2D eigenvalue weighted by atomic mass is 16.5. The predicted octanol–water partition coefficient (Wildman–Crippen LogP) is 7.53. The van der Waals surface area contributed by atoms with Gasteiger partial charge in [0.15, 0.2) is 0 Å². The maximum Gasteiger partial charge on any atom is 0.394 e. The van der Waals surface area contributed by atoms with Crippen LogP contribution in [0.25, 0.3) is 0 Å². The highest BCUT2D eigenvalue weighted by Crippen LogP contribution is 2.23. The van der Waals surface area contributed by atoms with Crippen molar-refractivity contribution in [2.75, 3.05) is 11.4 Å². The smallest absolute Gasteiger partial charge is 0.394 e. The topological polar surface area (TPSA) is 95.9 Å². The molecule has 0 aliphatic carbocycles. The highest BCUT2D eigenvalue weighted by Gasteiger charge is 2.23. The summed E-state index contributed by atoms with van der Waals surface area (Å²) in [5, 5.41) is 12.4. The molecule has 3 aromatic rings. The van der Waals surface area contributed by atoms with Crippen molar-refractivity contribution >= 4 is 23.5 Å². The lowest BCUT2D eigenvalue weighted by atomic mass is 10.1. The molecule has 0 atom stereocenters. The Morgan fingerprint density at radius 2 is 1.31 bits per heavy atom. The highest BCUT2D eigenvalue weighted by molar-refractivity contribution is 6.37. The van der Waals surface area contributed by atoms with Crippen LogP contribution in [0.1, 0.15) is 92.6 Å². The van der Waals surface area contributed by atoms with E-state index in [9.17, 15) is 19.5 Å². The van der Waals surface area contributed by atoms with E-state index in [0.717, 1.165) is 18.4 Å². The molecule has 0 saturated heterocycles. The van der Waals surface area contributed by atoms with Crippen LogP contribution in [0.4, 0.5) is 5.69 Å². The van der Waals surface area contributed by atoms with E-state index in [0.29, 0.717) is 35.7 Å². The van der Waals surface area contributed by atoms with E-state index >= 15 is 0 Å². The first kappa shape index (κ1) is 32.4. The van der Waals surface area contributed by atoms with Crippen molar-refractivity contribution in [1.29, 1.82) is 0 Å². The van der Waals surface area contributed by atoms with E-state index in [1.807, 2.05) is 30.3 Å². The Bertz CT molecular complexity index is 1230. The zero-order valence-electron chi connectivity index (χ0n) is 24.7. The van der Waals surface area contributed by atoms with E-state index < -0.39 is 11.9 Å². The zero-order valence-corrected chi connectivity index (χ0v) is 24.7. The Balaban J connectivity index is 1.46. The van der Waals surface area contributed by atoms with Crippen molar-refractivity contribution in [3.05, 3.63) is 95.6 Å². The molecule has 0 aliphatic heterocycles. The van der Waals surface area contributed by atoms with Crippen molar-refractivity contribution in [3.8, 4) is 5.75 Å². The maximum absolute atomic E-state index is 12.6. The van der Waals surface area contributed by atoms with Crippen LogP contribution in [0.2, 0.25) is 0 Å². The molecular weight excluding hydrogens is 528 g/mol. The minimum atomic E-state index is -1.54. The molecule has 0 spiro atoms. The molecule has 7 nitrogen and oxygen atoms in total. The van der Waals surface area contributed by atoms with Gasteiger partial charge in [-0.1, -0.05) is 107 Å². The summed E-state index contributed by atoms with van der Waals surface area (Å²) in [4.78, 5) is 37.9. The first-order chi connectivity index (χ1) is 20.5. The van der Waals surface area contributed by atoms with Crippen molar-refractivity contribution in [3.63, 3.8) is 0 Å². The number of nitrogens with one attached hydrogen (secondary N) is 1. The van der Waals surface area contributed by atoms with Gasteiger partial charge in [0.1, 0.15) is 12.4 Å². The molecule has 0 bridgehead atoms. The molecule has 0 radical (unpaired) electrons. The molecule has 0 saturated carbocycles. The number of benzene rings is 3. The standard InChI is InChI=1S/C35H44N2O5/c1-2-3-4-5-6-7-8-9-10-14-25-36-33(38)30-19-17-28(18-20-30)26-37(34(39)35(40)41)31-21-23-32(24-22-31)42-27-29-15-12-11-13-16-29/h11-13,15-24H,2-10,14,25-27H2,1H3,(H,36,38)(H,40,41). The second-order valence-corrected chi connectivity index (χ2v) is 10.6. The molecular formula is C35H44N2O5. The number of carbonyl (C=O) groups is 3. The van der Waals surface area contributed by atoms with Crippen molar-refractivity contribution in [1.82, 2.24) is 5.32 Å². The molecule has 7 heteroatoms. The maximum atomic E-state index is 12.6. The Hall–Kier alpha value is -4.13. The van der Waals surface area contributed by atoms with Crippen LogP contribution in [0.15, 0.2) is 78.9 Å². The third-order valence-corrected chi connectivity index (χ3v) is 7.20. The molecule has 3 rings (SSSR count). The average molecular weight is 573 g/mol. The van der Waals surface area contributed by atoms with Gasteiger partial charge < -0.3 is 15.2 Å². The van der Waals surface area contributed by atoms with Crippen molar-refractivity contribution in [2.24, 2.45) is 0 Å². The zero-order chi connectivity index (χ0) is 30.0. The van der Waals surface area contributed by atoms with Crippen LogP contribution in [-0.2, 0) is 22.7 Å². The van der Waals surface area contributed by atoms with Gasteiger partial charge in [-0.3, -0.25) is 14.5 Å². The van der Waals surface area contributed by atoms with E-state index in [1.54, 1.807) is 48.5 Å². The summed E-state index contributed by atoms with van der Waals surface area (Å²) in [6.45, 7) is 3.33. The molecule has 42 heavy (non-hydrogen) atoms. The second-order valence-electron chi connectivity index (χ2n) is 10.6. The number of hydrogen-bond acceptors (Lipinski definition) is 4. The van der Waals surface area contributed by atoms with Crippen LogP contribution in [0.3, 0.4) is 0 Å². The summed E-state index contributed by atoms with van der Waals surface area (Å²) >= 11 is 0. The average Bonchev–Trinajstić information content (AvgIpc) is 3.02. The van der Waals surface area contributed by atoms with Gasteiger partial charge in [0.25, 0.3) is 5.91 Å². The number of rotatable bonds is 18. The molecule has 0 heterocycles. The molecule has 224 valence electrons. The number of unbranched alkanes of at least 4 members (excludes halogenated alkanes) is 9. The fourth-order valence-corrected chi connectivity index (χ4v) is 4.72. The number of aliphatic carboxylic acids is 1. The van der Waals surface area contributed by atoms with Gasteiger partial charge >= 0.3 is 11.9 Å². The van der Waals surface area contributed by atoms with Gasteiger partial charge in [0.2, 0.25) is 0 Å². The van der Waals surface area contributed by atoms with Crippen LogP contribution in [-0.4, -0.2) is 29.4 Å². The SMILES string of the molecule is CCCCCCCCCCCCNC(=O)c1ccc(CN(C(=O)C(=O)O)c2ccc(OCc3ccccc3)cc2)cc1. The molecule has 0 unspecified atom stereocenters. The Labute approximate surface area is 249 Å². The van der Waals surface area contributed by atoms with Crippen LogP contribution in [0, 0.1) is 0 Å². The largest absolute Gasteiger partial charge is 0.489 e. The third kappa shape index (κ3) is 11.4. The van der Waals surface area contributed by atoms with Crippen LogP contribution < -0.4 is 15.0 Å². The van der Waals surface area contributed by atoms with Gasteiger partial charge in [-0.05, 0) is 53.9 Å². The fourth-order valence-electron chi connectivity index (χ4n) is 4.72.